The van der Waals surface area contributed by atoms with Gasteiger partial charge < -0.3 is 14.6 Å². The van der Waals surface area contributed by atoms with Crippen LogP contribution in [0.2, 0.25) is 0 Å². The van der Waals surface area contributed by atoms with Gasteiger partial charge in [-0.2, -0.15) is 0 Å². The fraction of sp³-hybridized carbons (Fsp3) is 0.444. The SMILES string of the molecule is CCN(CC(=O)OC)C(=O)c1cnc[nH]1. The maximum absolute atomic E-state index is 11.7. The number of carbonyl (C=O) groups excluding carboxylic acids is 2. The van der Waals surface area contributed by atoms with Crippen LogP contribution in [0.3, 0.4) is 0 Å². The summed E-state index contributed by atoms with van der Waals surface area (Å²) >= 11 is 0. The number of likely N-dealkylation sites (N-methyl/N-ethyl adjacent to an activating group) is 1. The van der Waals surface area contributed by atoms with Crippen LogP contribution < -0.4 is 0 Å². The minimum atomic E-state index is -0.440. The third-order valence-electron chi connectivity index (χ3n) is 1.95. The molecular formula is C9H13N3O3. The minimum absolute atomic E-state index is 0.0507. The molecule has 1 heterocycles. The molecule has 6 heteroatoms. The van der Waals surface area contributed by atoms with Crippen molar-refractivity contribution < 1.29 is 14.3 Å². The quantitative estimate of drug-likeness (QED) is 0.714. The van der Waals surface area contributed by atoms with Crippen LogP contribution in [-0.4, -0.2) is 46.9 Å². The summed E-state index contributed by atoms with van der Waals surface area (Å²) in [6.07, 6.45) is 2.83. The molecule has 0 saturated carbocycles. The van der Waals surface area contributed by atoms with E-state index in [1.54, 1.807) is 6.92 Å². The molecule has 0 fully saturated rings. The Morgan fingerprint density at radius 3 is 2.80 bits per heavy atom. The molecule has 1 aromatic heterocycles. The van der Waals surface area contributed by atoms with Gasteiger partial charge >= 0.3 is 5.97 Å². The molecule has 6 nitrogen and oxygen atoms in total. The zero-order valence-corrected chi connectivity index (χ0v) is 8.69. The van der Waals surface area contributed by atoms with Gasteiger partial charge in [-0.25, -0.2) is 4.98 Å². The lowest BCUT2D eigenvalue weighted by atomic mass is 10.3. The molecule has 15 heavy (non-hydrogen) atoms. The van der Waals surface area contributed by atoms with Crippen LogP contribution in [0.4, 0.5) is 0 Å². The molecule has 0 atom stereocenters. The largest absolute Gasteiger partial charge is 0.468 e. The summed E-state index contributed by atoms with van der Waals surface area (Å²) in [6.45, 7) is 2.18. The summed E-state index contributed by atoms with van der Waals surface area (Å²) in [5, 5.41) is 0. The number of ether oxygens (including phenoxy) is 1. The van der Waals surface area contributed by atoms with E-state index < -0.39 is 5.97 Å². The number of hydrogen-bond acceptors (Lipinski definition) is 4. The maximum atomic E-state index is 11.7. The molecule has 0 aliphatic heterocycles. The van der Waals surface area contributed by atoms with E-state index in [2.05, 4.69) is 14.7 Å². The van der Waals surface area contributed by atoms with Crippen molar-refractivity contribution in [1.29, 1.82) is 0 Å². The lowest BCUT2D eigenvalue weighted by molar-refractivity contribution is -0.141. The van der Waals surface area contributed by atoms with E-state index in [0.29, 0.717) is 12.2 Å². The number of nitrogens with zero attached hydrogens (tertiary/aromatic N) is 2. The number of nitrogens with one attached hydrogen (secondary N) is 1. The van der Waals surface area contributed by atoms with Gasteiger partial charge in [0.25, 0.3) is 5.91 Å². The molecule has 1 N–H and O–H groups in total. The van der Waals surface area contributed by atoms with E-state index >= 15 is 0 Å². The number of methoxy groups -OCH3 is 1. The number of aromatic nitrogens is 2. The summed E-state index contributed by atoms with van der Waals surface area (Å²) in [6, 6.07) is 0. The molecule has 0 spiro atoms. The Hall–Kier alpha value is -1.85. The number of carbonyl (C=O) groups is 2. The van der Waals surface area contributed by atoms with Crippen LogP contribution in [-0.2, 0) is 9.53 Å². The van der Waals surface area contributed by atoms with E-state index in [0.717, 1.165) is 0 Å². The van der Waals surface area contributed by atoms with Crippen LogP contribution in [0.15, 0.2) is 12.5 Å². The highest BCUT2D eigenvalue weighted by Crippen LogP contribution is 2.00. The molecule has 1 rings (SSSR count). The molecule has 0 unspecified atom stereocenters. The second-order valence-corrected chi connectivity index (χ2v) is 2.86. The predicted octanol–water partition coefficient (Wildman–Crippen LogP) is 0.0448. The average Bonchev–Trinajstić information content (AvgIpc) is 2.77. The van der Waals surface area contributed by atoms with Gasteiger partial charge in [0.15, 0.2) is 0 Å². The normalized spacial score (nSPS) is 9.73. The number of rotatable bonds is 4. The fourth-order valence-corrected chi connectivity index (χ4v) is 1.09. The van der Waals surface area contributed by atoms with E-state index in [1.165, 1.54) is 24.5 Å². The van der Waals surface area contributed by atoms with Gasteiger partial charge in [-0.15, -0.1) is 0 Å². The van der Waals surface area contributed by atoms with Gasteiger partial charge in [-0.1, -0.05) is 0 Å². The van der Waals surface area contributed by atoms with Gasteiger partial charge in [-0.3, -0.25) is 9.59 Å². The van der Waals surface area contributed by atoms with E-state index in [4.69, 9.17) is 0 Å². The Labute approximate surface area is 87.2 Å². The highest BCUT2D eigenvalue weighted by molar-refractivity contribution is 5.94. The second kappa shape index (κ2) is 5.14. The molecule has 0 bridgehead atoms. The molecule has 0 radical (unpaired) electrons. The van der Waals surface area contributed by atoms with Crippen molar-refractivity contribution >= 4 is 11.9 Å². The highest BCUT2D eigenvalue weighted by atomic mass is 16.5. The van der Waals surface area contributed by atoms with Crippen molar-refractivity contribution in [2.75, 3.05) is 20.2 Å². The second-order valence-electron chi connectivity index (χ2n) is 2.86. The topological polar surface area (TPSA) is 75.3 Å². The van der Waals surface area contributed by atoms with Crippen LogP contribution >= 0.6 is 0 Å². The van der Waals surface area contributed by atoms with Crippen LogP contribution in [0.1, 0.15) is 17.4 Å². The highest BCUT2D eigenvalue weighted by Gasteiger charge is 2.18. The Balaban J connectivity index is 2.67. The zero-order chi connectivity index (χ0) is 11.3. The lowest BCUT2D eigenvalue weighted by Gasteiger charge is -2.18. The predicted molar refractivity (Wildman–Crippen MR) is 52.2 cm³/mol. The third-order valence-corrected chi connectivity index (χ3v) is 1.95. The van der Waals surface area contributed by atoms with Gasteiger partial charge in [0.2, 0.25) is 0 Å². The van der Waals surface area contributed by atoms with Crippen molar-refractivity contribution in [2.45, 2.75) is 6.92 Å². The van der Waals surface area contributed by atoms with Crippen LogP contribution in [0.5, 0.6) is 0 Å². The Bertz CT molecular complexity index is 334. The molecule has 0 aromatic carbocycles. The third kappa shape index (κ3) is 2.80. The van der Waals surface area contributed by atoms with Crippen molar-refractivity contribution in [3.8, 4) is 0 Å². The summed E-state index contributed by atoms with van der Waals surface area (Å²) in [5.41, 5.74) is 0.362. The van der Waals surface area contributed by atoms with Crippen molar-refractivity contribution in [1.82, 2.24) is 14.9 Å². The maximum Gasteiger partial charge on any atom is 0.325 e. The molecule has 0 aliphatic carbocycles. The number of esters is 1. The molecule has 1 amide bonds. The first kappa shape index (κ1) is 11.2. The zero-order valence-electron chi connectivity index (χ0n) is 8.69. The van der Waals surface area contributed by atoms with Gasteiger partial charge in [0.1, 0.15) is 12.2 Å². The molecule has 0 saturated heterocycles. The Kier molecular flexibility index (Phi) is 3.84. The number of imidazole rings is 1. The molecule has 82 valence electrons. The van der Waals surface area contributed by atoms with Crippen molar-refractivity contribution in [2.24, 2.45) is 0 Å². The minimum Gasteiger partial charge on any atom is -0.468 e. The van der Waals surface area contributed by atoms with Gasteiger partial charge in [0.05, 0.1) is 19.6 Å². The number of amides is 1. The number of aromatic amines is 1. The van der Waals surface area contributed by atoms with Crippen LogP contribution in [0, 0.1) is 0 Å². The van der Waals surface area contributed by atoms with Gasteiger partial charge in [0, 0.05) is 6.54 Å². The smallest absolute Gasteiger partial charge is 0.325 e. The van der Waals surface area contributed by atoms with Crippen LogP contribution in [0.25, 0.3) is 0 Å². The monoisotopic (exact) mass is 211 g/mol. The van der Waals surface area contributed by atoms with E-state index in [9.17, 15) is 9.59 Å². The molecule has 0 aliphatic rings. The average molecular weight is 211 g/mol. The van der Waals surface area contributed by atoms with E-state index in [-0.39, 0.29) is 12.5 Å². The standard InChI is InChI=1S/C9H13N3O3/c1-3-12(5-8(13)15-2)9(14)7-4-10-6-11-7/h4,6H,3,5H2,1-2H3,(H,10,11). The molecular weight excluding hydrogens is 198 g/mol. The number of H-pyrrole nitrogens is 1. The summed E-state index contributed by atoms with van der Waals surface area (Å²) < 4.78 is 4.49. The van der Waals surface area contributed by atoms with E-state index in [1.807, 2.05) is 0 Å². The van der Waals surface area contributed by atoms with Crippen molar-refractivity contribution in [3.05, 3.63) is 18.2 Å². The first-order valence-corrected chi connectivity index (χ1v) is 4.53. The first-order chi connectivity index (χ1) is 7.19. The molecule has 1 aromatic rings. The fourth-order valence-electron chi connectivity index (χ4n) is 1.09. The summed E-state index contributed by atoms with van der Waals surface area (Å²) in [5.74, 6) is -0.704. The van der Waals surface area contributed by atoms with Gasteiger partial charge in [-0.05, 0) is 6.92 Å². The van der Waals surface area contributed by atoms with Crippen molar-refractivity contribution in [3.63, 3.8) is 0 Å². The summed E-state index contributed by atoms with van der Waals surface area (Å²) in [7, 11) is 1.29. The number of hydrogen-bond donors (Lipinski definition) is 1. The lowest BCUT2D eigenvalue weighted by Crippen LogP contribution is -2.36. The summed E-state index contributed by atoms with van der Waals surface area (Å²) in [4.78, 5) is 30.6. The Morgan fingerprint density at radius 2 is 2.33 bits per heavy atom. The first-order valence-electron chi connectivity index (χ1n) is 4.53. The Morgan fingerprint density at radius 1 is 1.60 bits per heavy atom.